The molecule has 1 unspecified atom stereocenters. The van der Waals surface area contributed by atoms with Crippen molar-refractivity contribution in [3.63, 3.8) is 0 Å². The lowest BCUT2D eigenvalue weighted by Crippen LogP contribution is -2.43. The largest absolute Gasteiger partial charge is 0.486 e. The summed E-state index contributed by atoms with van der Waals surface area (Å²) in [6, 6.07) is 16.4. The number of pyridine rings is 1. The molecule has 0 saturated carbocycles. The molecule has 1 aliphatic rings. The second-order valence-corrected chi connectivity index (χ2v) is 10.6. The van der Waals surface area contributed by atoms with Crippen LogP contribution in [0.5, 0.6) is 5.75 Å². The standard InChI is InChI=1S/C28H24BrClN6O3/c1-18-6-9-27-31-20(14-34(27)13-18)16-39-26-5-3-2-4-21(26)28(37)35-10-11-38-17-25(35)23-15-36(33-32-23)24-8-7-19(29)12-22(24)30/h2-9,12-15,25H,10-11,16-17H2,1H3. The molecule has 0 bridgehead atoms. The van der Waals surface area contributed by atoms with E-state index in [-0.39, 0.29) is 12.5 Å². The van der Waals surface area contributed by atoms with Crippen LogP contribution in [0.1, 0.15) is 33.4 Å². The smallest absolute Gasteiger partial charge is 0.258 e. The van der Waals surface area contributed by atoms with Crippen molar-refractivity contribution in [1.29, 1.82) is 0 Å². The maximum atomic E-state index is 13.9. The number of carbonyl (C=O) groups excluding carboxylic acids is 1. The summed E-state index contributed by atoms with van der Waals surface area (Å²) in [5.74, 6) is 0.326. The number of nitrogens with zero attached hydrogens (tertiary/aromatic N) is 6. The summed E-state index contributed by atoms with van der Waals surface area (Å²) in [6.45, 7) is 3.42. The highest BCUT2D eigenvalue weighted by Crippen LogP contribution is 2.30. The molecule has 2 aromatic carbocycles. The average molecular weight is 608 g/mol. The van der Waals surface area contributed by atoms with Crippen LogP contribution in [0.3, 0.4) is 0 Å². The van der Waals surface area contributed by atoms with E-state index in [9.17, 15) is 4.79 Å². The van der Waals surface area contributed by atoms with Gasteiger partial charge in [0.15, 0.2) is 0 Å². The zero-order chi connectivity index (χ0) is 26.9. The van der Waals surface area contributed by atoms with Crippen LogP contribution >= 0.6 is 27.5 Å². The Hall–Kier alpha value is -3.73. The Morgan fingerprint density at radius 2 is 2.03 bits per heavy atom. The lowest BCUT2D eigenvalue weighted by molar-refractivity contribution is -0.00412. The molecule has 0 N–H and O–H groups in total. The fourth-order valence-corrected chi connectivity index (χ4v) is 5.37. The maximum absolute atomic E-state index is 13.9. The fraction of sp³-hybridized carbons (Fsp3) is 0.214. The van der Waals surface area contributed by atoms with Gasteiger partial charge in [-0.25, -0.2) is 9.67 Å². The topological polar surface area (TPSA) is 86.8 Å². The Balaban J connectivity index is 1.23. The molecule has 3 aromatic heterocycles. The molecular weight excluding hydrogens is 584 g/mol. The first-order chi connectivity index (χ1) is 19.0. The average Bonchev–Trinajstić information content (AvgIpc) is 3.59. The highest BCUT2D eigenvalue weighted by molar-refractivity contribution is 9.10. The summed E-state index contributed by atoms with van der Waals surface area (Å²) in [4.78, 5) is 20.2. The number of fused-ring (bicyclic) bond motifs is 1. The van der Waals surface area contributed by atoms with Crippen molar-refractivity contribution in [2.24, 2.45) is 0 Å². The molecule has 1 aliphatic heterocycles. The number of morpholine rings is 1. The van der Waals surface area contributed by atoms with Crippen molar-refractivity contribution in [3.05, 3.63) is 105 Å². The van der Waals surface area contributed by atoms with Crippen molar-refractivity contribution < 1.29 is 14.3 Å². The van der Waals surface area contributed by atoms with Crippen molar-refractivity contribution in [2.45, 2.75) is 19.6 Å². The van der Waals surface area contributed by atoms with Gasteiger partial charge in [-0.05, 0) is 48.9 Å². The number of amides is 1. The van der Waals surface area contributed by atoms with Crippen LogP contribution in [-0.2, 0) is 11.3 Å². The summed E-state index contributed by atoms with van der Waals surface area (Å²) >= 11 is 9.83. The Morgan fingerprint density at radius 1 is 1.15 bits per heavy atom. The fourth-order valence-electron chi connectivity index (χ4n) is 4.61. The second kappa shape index (κ2) is 10.8. The van der Waals surface area contributed by atoms with Gasteiger partial charge in [0.2, 0.25) is 0 Å². The highest BCUT2D eigenvalue weighted by Gasteiger charge is 2.33. The van der Waals surface area contributed by atoms with Gasteiger partial charge < -0.3 is 18.8 Å². The number of carbonyl (C=O) groups is 1. The van der Waals surface area contributed by atoms with Crippen LogP contribution in [0.2, 0.25) is 5.02 Å². The minimum absolute atomic E-state index is 0.166. The van der Waals surface area contributed by atoms with Gasteiger partial charge in [-0.1, -0.05) is 50.9 Å². The number of benzene rings is 2. The monoisotopic (exact) mass is 606 g/mol. The van der Waals surface area contributed by atoms with Crippen LogP contribution in [-0.4, -0.2) is 54.9 Å². The number of hydrogen-bond acceptors (Lipinski definition) is 6. The number of hydrogen-bond donors (Lipinski definition) is 0. The van der Waals surface area contributed by atoms with Gasteiger partial charge in [0.25, 0.3) is 5.91 Å². The molecule has 1 saturated heterocycles. The summed E-state index contributed by atoms with van der Waals surface area (Å²) in [5, 5.41) is 9.15. The predicted molar refractivity (Wildman–Crippen MR) is 149 cm³/mol. The van der Waals surface area contributed by atoms with Gasteiger partial charge >= 0.3 is 0 Å². The molecule has 1 atom stereocenters. The number of halogens is 2. The molecule has 198 valence electrons. The van der Waals surface area contributed by atoms with Crippen LogP contribution in [0.25, 0.3) is 11.3 Å². The molecule has 5 aromatic rings. The van der Waals surface area contributed by atoms with E-state index >= 15 is 0 Å². The van der Waals surface area contributed by atoms with E-state index < -0.39 is 6.04 Å². The normalized spacial score (nSPS) is 15.6. The first kappa shape index (κ1) is 25.5. The predicted octanol–water partition coefficient (Wildman–Crippen LogP) is 5.43. The van der Waals surface area contributed by atoms with E-state index in [1.54, 1.807) is 34.0 Å². The van der Waals surface area contributed by atoms with Crippen molar-refractivity contribution >= 4 is 39.1 Å². The first-order valence-corrected chi connectivity index (χ1v) is 13.6. The molecule has 9 nitrogen and oxygen atoms in total. The van der Waals surface area contributed by atoms with Gasteiger partial charge in [0, 0.05) is 23.4 Å². The maximum Gasteiger partial charge on any atom is 0.258 e. The number of imidazole rings is 1. The van der Waals surface area contributed by atoms with Gasteiger partial charge in [0.1, 0.15) is 29.7 Å². The summed E-state index contributed by atoms with van der Waals surface area (Å²) in [7, 11) is 0. The minimum atomic E-state index is -0.413. The van der Waals surface area contributed by atoms with E-state index in [1.165, 1.54) is 0 Å². The number of para-hydroxylation sites is 1. The minimum Gasteiger partial charge on any atom is -0.486 e. The van der Waals surface area contributed by atoms with Gasteiger partial charge in [-0.3, -0.25) is 4.79 Å². The van der Waals surface area contributed by atoms with E-state index in [0.717, 1.165) is 21.4 Å². The Morgan fingerprint density at radius 3 is 2.90 bits per heavy atom. The van der Waals surface area contributed by atoms with Crippen molar-refractivity contribution in [3.8, 4) is 11.4 Å². The van der Waals surface area contributed by atoms with E-state index in [4.69, 9.17) is 21.1 Å². The summed E-state index contributed by atoms with van der Waals surface area (Å²) in [6.07, 6.45) is 5.73. The SMILES string of the molecule is Cc1ccc2nc(COc3ccccc3C(=O)N3CCOCC3c3cn(-c4ccc(Br)cc4Cl)nn3)cn2c1. The van der Waals surface area contributed by atoms with Crippen LogP contribution in [0, 0.1) is 6.92 Å². The number of aryl methyl sites for hydroxylation is 1. The Kier molecular flexibility index (Phi) is 7.07. The third-order valence-electron chi connectivity index (χ3n) is 6.54. The summed E-state index contributed by atoms with van der Waals surface area (Å²) in [5.41, 5.74) is 4.53. The van der Waals surface area contributed by atoms with Crippen LogP contribution in [0.4, 0.5) is 0 Å². The third-order valence-corrected chi connectivity index (χ3v) is 7.34. The molecule has 1 fully saturated rings. The van der Waals surface area contributed by atoms with Gasteiger partial charge in [-0.15, -0.1) is 5.10 Å². The zero-order valence-electron chi connectivity index (χ0n) is 21.0. The van der Waals surface area contributed by atoms with Crippen LogP contribution < -0.4 is 4.74 Å². The molecule has 11 heteroatoms. The molecule has 0 radical (unpaired) electrons. The number of ether oxygens (including phenoxy) is 2. The quantitative estimate of drug-likeness (QED) is 0.256. The summed E-state index contributed by atoms with van der Waals surface area (Å²) < 4.78 is 16.3. The number of rotatable bonds is 6. The molecule has 6 rings (SSSR count). The third kappa shape index (κ3) is 5.27. The van der Waals surface area contributed by atoms with E-state index in [0.29, 0.717) is 47.5 Å². The van der Waals surface area contributed by atoms with Gasteiger partial charge in [0.05, 0.1) is 41.4 Å². The molecule has 4 heterocycles. The lowest BCUT2D eigenvalue weighted by Gasteiger charge is -2.34. The first-order valence-electron chi connectivity index (χ1n) is 12.4. The molecule has 1 amide bonds. The van der Waals surface area contributed by atoms with E-state index in [1.807, 2.05) is 60.1 Å². The molecule has 39 heavy (non-hydrogen) atoms. The molecular formula is C28H24BrClN6O3. The molecule has 0 aliphatic carbocycles. The Labute approximate surface area is 238 Å². The van der Waals surface area contributed by atoms with Gasteiger partial charge in [-0.2, -0.15) is 0 Å². The molecule has 0 spiro atoms. The lowest BCUT2D eigenvalue weighted by atomic mass is 10.1. The van der Waals surface area contributed by atoms with Crippen LogP contribution in [0.15, 0.2) is 77.7 Å². The van der Waals surface area contributed by atoms with Crippen molar-refractivity contribution in [1.82, 2.24) is 29.3 Å². The number of aromatic nitrogens is 5. The van der Waals surface area contributed by atoms with E-state index in [2.05, 4.69) is 31.2 Å². The zero-order valence-corrected chi connectivity index (χ0v) is 23.3. The highest BCUT2D eigenvalue weighted by atomic mass is 79.9. The van der Waals surface area contributed by atoms with Crippen molar-refractivity contribution in [2.75, 3.05) is 19.8 Å². The Bertz CT molecular complexity index is 1670. The second-order valence-electron chi connectivity index (χ2n) is 9.26.